The van der Waals surface area contributed by atoms with Crippen molar-refractivity contribution < 1.29 is 9.36 Å². The van der Waals surface area contributed by atoms with Crippen LogP contribution >= 0.6 is 7.29 Å². The number of carbonyl (C=O) groups is 1. The molecule has 0 saturated carbocycles. The van der Waals surface area contributed by atoms with Gasteiger partial charge in [-0.3, -0.25) is 14.0 Å². The first-order valence-electron chi connectivity index (χ1n) is 6.14. The van der Waals surface area contributed by atoms with Crippen molar-refractivity contribution in [2.75, 3.05) is 12.7 Å². The van der Waals surface area contributed by atoms with E-state index in [1.165, 1.54) is 0 Å². The summed E-state index contributed by atoms with van der Waals surface area (Å²) >= 11 is 0. The maximum Gasteiger partial charge on any atom is 0.228 e. The molecule has 0 radical (unpaired) electrons. The Balaban J connectivity index is 2.29. The molecule has 1 saturated heterocycles. The molecule has 1 aliphatic rings. The monoisotopic (exact) mass is 251 g/mol. The Hall–Kier alpha value is -1.08. The maximum atomic E-state index is 13.0. The molecule has 17 heavy (non-hydrogen) atoms. The number of amides is 1. The lowest BCUT2D eigenvalue weighted by Crippen LogP contribution is -2.26. The van der Waals surface area contributed by atoms with E-state index < -0.39 is 7.29 Å². The molecule has 3 nitrogen and oxygen atoms in total. The summed E-state index contributed by atoms with van der Waals surface area (Å²) in [5, 5.41) is 0.821. The van der Waals surface area contributed by atoms with Crippen LogP contribution in [0.2, 0.25) is 0 Å². The van der Waals surface area contributed by atoms with Gasteiger partial charge in [0.25, 0.3) is 0 Å². The second-order valence-electron chi connectivity index (χ2n) is 4.38. The van der Waals surface area contributed by atoms with Crippen LogP contribution in [-0.4, -0.2) is 23.3 Å². The van der Waals surface area contributed by atoms with E-state index in [9.17, 15) is 9.36 Å². The predicted octanol–water partition coefficient (Wildman–Crippen LogP) is 2.62. The normalized spacial score (nSPS) is 24.3. The van der Waals surface area contributed by atoms with Gasteiger partial charge in [-0.2, -0.15) is 0 Å². The van der Waals surface area contributed by atoms with E-state index in [0.29, 0.717) is 19.1 Å². The number of unbranched alkanes of at least 4 members (excludes halogenated alkanes) is 1. The van der Waals surface area contributed by atoms with E-state index in [4.69, 9.17) is 0 Å². The van der Waals surface area contributed by atoms with Crippen molar-refractivity contribution >= 4 is 18.5 Å². The topological polar surface area (TPSA) is 37.4 Å². The Morgan fingerprint density at radius 1 is 1.29 bits per heavy atom. The van der Waals surface area contributed by atoms with Crippen molar-refractivity contribution in [3.63, 3.8) is 0 Å². The molecule has 92 valence electrons. The van der Waals surface area contributed by atoms with Gasteiger partial charge in [0.2, 0.25) is 13.2 Å². The third-order valence-corrected chi connectivity index (χ3v) is 6.33. The van der Waals surface area contributed by atoms with Gasteiger partial charge >= 0.3 is 0 Å². The smallest absolute Gasteiger partial charge is 0.228 e. The molecule has 1 aromatic carbocycles. The SMILES string of the molecule is CCCCN1C(=O)CC[P@@]1(=O)c1ccccc1. The highest BCUT2D eigenvalue weighted by Gasteiger charge is 2.41. The summed E-state index contributed by atoms with van der Waals surface area (Å²) in [4.78, 5) is 11.8. The fraction of sp³-hybridized carbons (Fsp3) is 0.462. The van der Waals surface area contributed by atoms with Crippen LogP contribution in [-0.2, 0) is 9.36 Å². The molecule has 0 N–H and O–H groups in total. The van der Waals surface area contributed by atoms with Gasteiger partial charge < -0.3 is 0 Å². The summed E-state index contributed by atoms with van der Waals surface area (Å²) in [6, 6.07) is 9.42. The molecule has 1 fully saturated rings. The highest BCUT2D eigenvalue weighted by molar-refractivity contribution is 7.70. The van der Waals surface area contributed by atoms with Gasteiger partial charge in [-0.15, -0.1) is 0 Å². The summed E-state index contributed by atoms with van der Waals surface area (Å²) in [5.74, 6) is 0.0469. The zero-order valence-corrected chi connectivity index (χ0v) is 11.0. The summed E-state index contributed by atoms with van der Waals surface area (Å²) < 4.78 is 14.6. The van der Waals surface area contributed by atoms with Gasteiger partial charge in [0, 0.05) is 24.4 Å². The summed E-state index contributed by atoms with van der Waals surface area (Å²) in [7, 11) is -2.63. The molecular weight excluding hydrogens is 233 g/mol. The second kappa shape index (κ2) is 5.05. The molecule has 1 aliphatic heterocycles. The quantitative estimate of drug-likeness (QED) is 0.771. The molecule has 1 aromatic rings. The van der Waals surface area contributed by atoms with E-state index >= 15 is 0 Å². The highest BCUT2D eigenvalue weighted by atomic mass is 31.2. The lowest BCUT2D eigenvalue weighted by atomic mass is 10.3. The largest absolute Gasteiger partial charge is 0.295 e. The van der Waals surface area contributed by atoms with Crippen molar-refractivity contribution in [2.45, 2.75) is 26.2 Å². The van der Waals surface area contributed by atoms with Crippen molar-refractivity contribution in [3.05, 3.63) is 30.3 Å². The molecule has 0 aliphatic carbocycles. The van der Waals surface area contributed by atoms with Crippen LogP contribution in [0.15, 0.2) is 30.3 Å². The molecule has 0 unspecified atom stereocenters. The molecule has 1 atom stereocenters. The Bertz CT molecular complexity index is 444. The lowest BCUT2D eigenvalue weighted by molar-refractivity contribution is -0.125. The van der Waals surface area contributed by atoms with Crippen LogP contribution in [0.3, 0.4) is 0 Å². The van der Waals surface area contributed by atoms with E-state index in [-0.39, 0.29) is 5.91 Å². The van der Waals surface area contributed by atoms with Crippen LogP contribution in [0.4, 0.5) is 0 Å². The first kappa shape index (κ1) is 12.4. The van der Waals surface area contributed by atoms with Gasteiger partial charge in [0.1, 0.15) is 0 Å². The summed E-state index contributed by atoms with van der Waals surface area (Å²) in [6.45, 7) is 2.70. The van der Waals surface area contributed by atoms with Crippen LogP contribution < -0.4 is 5.30 Å². The van der Waals surface area contributed by atoms with Crippen LogP contribution in [0, 0.1) is 0 Å². The predicted molar refractivity (Wildman–Crippen MR) is 69.8 cm³/mol. The van der Waals surface area contributed by atoms with Crippen LogP contribution in [0.1, 0.15) is 26.2 Å². The van der Waals surface area contributed by atoms with Crippen molar-refractivity contribution in [2.24, 2.45) is 0 Å². The molecule has 0 aromatic heterocycles. The standard InChI is InChI=1S/C13H18NO2P/c1-2-3-10-14-13(15)9-11-17(14,16)12-7-5-4-6-8-12/h4-8H,2-3,9-11H2,1H3/t17-/m1/s1. The Morgan fingerprint density at radius 3 is 2.65 bits per heavy atom. The average Bonchev–Trinajstić information content (AvgIpc) is 2.65. The van der Waals surface area contributed by atoms with E-state index in [2.05, 4.69) is 6.92 Å². The number of rotatable bonds is 4. The number of nitrogens with zero attached hydrogens (tertiary/aromatic N) is 1. The maximum absolute atomic E-state index is 13.0. The zero-order valence-electron chi connectivity index (χ0n) is 10.1. The first-order chi connectivity index (χ1) is 8.18. The fourth-order valence-electron chi connectivity index (χ4n) is 2.20. The Morgan fingerprint density at radius 2 is 2.00 bits per heavy atom. The minimum Gasteiger partial charge on any atom is -0.295 e. The molecule has 4 heteroatoms. The minimum absolute atomic E-state index is 0.0469. The zero-order chi connectivity index (χ0) is 12.3. The van der Waals surface area contributed by atoms with Crippen molar-refractivity contribution in [1.29, 1.82) is 0 Å². The van der Waals surface area contributed by atoms with Gasteiger partial charge in [-0.25, -0.2) is 0 Å². The van der Waals surface area contributed by atoms with Gasteiger partial charge in [-0.1, -0.05) is 31.5 Å². The minimum atomic E-state index is -2.63. The third-order valence-electron chi connectivity index (χ3n) is 3.19. The lowest BCUT2D eigenvalue weighted by Gasteiger charge is -2.25. The van der Waals surface area contributed by atoms with Crippen molar-refractivity contribution in [3.8, 4) is 0 Å². The van der Waals surface area contributed by atoms with Crippen LogP contribution in [0.5, 0.6) is 0 Å². The van der Waals surface area contributed by atoms with E-state index in [1.807, 2.05) is 30.3 Å². The van der Waals surface area contributed by atoms with Crippen molar-refractivity contribution in [1.82, 2.24) is 4.67 Å². The fourth-order valence-corrected chi connectivity index (χ4v) is 5.04. The molecule has 1 heterocycles. The van der Waals surface area contributed by atoms with Gasteiger partial charge in [-0.05, 0) is 18.6 Å². The summed E-state index contributed by atoms with van der Waals surface area (Å²) in [5.41, 5.74) is 0. The molecule has 0 spiro atoms. The van der Waals surface area contributed by atoms with E-state index in [0.717, 1.165) is 18.1 Å². The molecular formula is C13H18NO2P. The van der Waals surface area contributed by atoms with Crippen LogP contribution in [0.25, 0.3) is 0 Å². The average molecular weight is 251 g/mol. The third kappa shape index (κ3) is 2.30. The molecule has 0 bridgehead atoms. The van der Waals surface area contributed by atoms with E-state index in [1.54, 1.807) is 4.67 Å². The second-order valence-corrected chi connectivity index (χ2v) is 7.23. The number of hydrogen-bond donors (Lipinski definition) is 0. The Labute approximate surface area is 102 Å². The highest BCUT2D eigenvalue weighted by Crippen LogP contribution is 2.53. The summed E-state index contributed by atoms with van der Waals surface area (Å²) in [6.07, 6.45) is 2.86. The number of benzene rings is 1. The number of hydrogen-bond acceptors (Lipinski definition) is 2. The first-order valence-corrected chi connectivity index (χ1v) is 7.98. The molecule has 2 rings (SSSR count). The number of carbonyl (C=O) groups excluding carboxylic acids is 1. The van der Waals surface area contributed by atoms with Gasteiger partial charge in [0.05, 0.1) is 0 Å². The molecule has 1 amide bonds. The Kier molecular flexibility index (Phi) is 3.68. The van der Waals surface area contributed by atoms with Gasteiger partial charge in [0.15, 0.2) is 0 Å².